The molecule has 1 heterocycles. The van der Waals surface area contributed by atoms with E-state index >= 15 is 0 Å². The molecule has 0 fully saturated rings. The molecule has 1 aliphatic heterocycles. The highest BCUT2D eigenvalue weighted by atomic mass is 32.2. The van der Waals surface area contributed by atoms with Gasteiger partial charge in [-0.15, -0.1) is 0 Å². The predicted octanol–water partition coefficient (Wildman–Crippen LogP) is 0.817. The van der Waals surface area contributed by atoms with Crippen molar-refractivity contribution in [3.8, 4) is 0 Å². The van der Waals surface area contributed by atoms with Crippen LogP contribution in [0.15, 0.2) is 53.4 Å². The summed E-state index contributed by atoms with van der Waals surface area (Å²) in [5, 5.41) is 18.8. The van der Waals surface area contributed by atoms with Gasteiger partial charge in [0.2, 0.25) is 10.0 Å². The fraction of sp³-hybridized carbons (Fsp3) is 0.333. The maximum atomic E-state index is 12.3. The van der Waals surface area contributed by atoms with Crippen LogP contribution in [0, 0.1) is 5.21 Å². The van der Waals surface area contributed by atoms with Gasteiger partial charge in [-0.05, 0) is 36.6 Å². The molecule has 0 radical (unpaired) electrons. The molecule has 2 aromatic rings. The van der Waals surface area contributed by atoms with E-state index in [1.54, 1.807) is 0 Å². The van der Waals surface area contributed by atoms with E-state index in [0.29, 0.717) is 13.0 Å². The molecule has 8 heteroatoms. The Balaban J connectivity index is 1.50. The van der Waals surface area contributed by atoms with Crippen molar-refractivity contribution >= 4 is 15.7 Å². The second-order valence-corrected chi connectivity index (χ2v) is 8.15. The monoisotopic (exact) mass is 377 g/mol. The second kappa shape index (κ2) is 8.26. The predicted molar refractivity (Wildman–Crippen MR) is 97.4 cm³/mol. The summed E-state index contributed by atoms with van der Waals surface area (Å²) >= 11 is 0. The van der Waals surface area contributed by atoms with Crippen molar-refractivity contribution in [3.05, 3.63) is 64.9 Å². The lowest BCUT2D eigenvalue weighted by Crippen LogP contribution is -2.99. The number of hydrogen-bond donors (Lipinski definition) is 3. The maximum absolute atomic E-state index is 12.3. The van der Waals surface area contributed by atoms with Gasteiger partial charge in [-0.25, -0.2) is 18.3 Å². The van der Waals surface area contributed by atoms with E-state index in [1.807, 2.05) is 6.07 Å². The van der Waals surface area contributed by atoms with Gasteiger partial charge in [-0.2, -0.15) is 5.23 Å². The molecule has 1 aliphatic rings. The van der Waals surface area contributed by atoms with Gasteiger partial charge in [0.05, 0.1) is 4.90 Å². The number of quaternary nitrogens is 1. The van der Waals surface area contributed by atoms with E-state index < -0.39 is 15.2 Å². The van der Waals surface area contributed by atoms with Gasteiger partial charge < -0.3 is 5.21 Å². The summed E-state index contributed by atoms with van der Waals surface area (Å²) in [7, 11) is -3.70. The summed E-state index contributed by atoms with van der Waals surface area (Å²) in [6, 6.07) is 13.8. The summed E-state index contributed by atoms with van der Waals surface area (Å²) < 4.78 is 27.2. The first-order valence-corrected chi connectivity index (χ1v) is 10.1. The van der Waals surface area contributed by atoms with Crippen LogP contribution in [0.3, 0.4) is 0 Å². The Bertz CT molecular complexity index is 855. The third-order valence-electron chi connectivity index (χ3n) is 4.54. The van der Waals surface area contributed by atoms with Crippen LogP contribution in [0.4, 0.5) is 5.69 Å². The third kappa shape index (κ3) is 4.67. The Morgan fingerprint density at radius 1 is 1.15 bits per heavy atom. The van der Waals surface area contributed by atoms with Crippen molar-refractivity contribution in [1.82, 2.24) is 9.62 Å². The summed E-state index contributed by atoms with van der Waals surface area (Å²) in [5.41, 5.74) is 2.69. The van der Waals surface area contributed by atoms with Crippen molar-refractivity contribution in [1.29, 1.82) is 0 Å². The Hall–Kier alpha value is -1.81. The molecule has 140 valence electrons. The fourth-order valence-corrected chi connectivity index (χ4v) is 4.25. The van der Waals surface area contributed by atoms with E-state index in [1.165, 1.54) is 35.4 Å². The minimum atomic E-state index is -3.70. The molecule has 26 heavy (non-hydrogen) atoms. The van der Waals surface area contributed by atoms with Gasteiger partial charge in [0, 0.05) is 31.8 Å². The fourth-order valence-electron chi connectivity index (χ4n) is 3.13. The van der Waals surface area contributed by atoms with Crippen LogP contribution in [0.25, 0.3) is 0 Å². The lowest BCUT2D eigenvalue weighted by molar-refractivity contribution is -0.991. The van der Waals surface area contributed by atoms with Gasteiger partial charge in [0.15, 0.2) is 5.69 Å². The molecule has 2 aromatic carbocycles. The minimum Gasteiger partial charge on any atom is -0.595 e. The highest BCUT2D eigenvalue weighted by molar-refractivity contribution is 7.89. The number of fused-ring (bicyclic) bond motifs is 1. The Morgan fingerprint density at radius 3 is 2.69 bits per heavy atom. The lowest BCUT2D eigenvalue weighted by atomic mass is 10.00. The van der Waals surface area contributed by atoms with Crippen molar-refractivity contribution in [3.63, 3.8) is 0 Å². The van der Waals surface area contributed by atoms with Gasteiger partial charge in [-0.1, -0.05) is 30.3 Å². The van der Waals surface area contributed by atoms with Crippen LogP contribution < -0.4 is 9.95 Å². The number of nitrogens with one attached hydrogen (secondary N) is 2. The summed E-state index contributed by atoms with van der Waals surface area (Å²) in [6.07, 6.45) is 1.71. The molecule has 7 nitrogen and oxygen atoms in total. The van der Waals surface area contributed by atoms with Crippen LogP contribution in [-0.2, 0) is 23.0 Å². The second-order valence-electron chi connectivity index (χ2n) is 6.38. The Kier molecular flexibility index (Phi) is 6.02. The van der Waals surface area contributed by atoms with Crippen LogP contribution in [0.5, 0.6) is 0 Å². The zero-order valence-corrected chi connectivity index (χ0v) is 15.2. The number of hydrogen-bond acceptors (Lipinski definition) is 5. The molecular weight excluding hydrogens is 354 g/mol. The Morgan fingerprint density at radius 2 is 1.92 bits per heavy atom. The first kappa shape index (κ1) is 19.0. The summed E-state index contributed by atoms with van der Waals surface area (Å²) in [6.45, 7) is 3.00. The third-order valence-corrected chi connectivity index (χ3v) is 6.00. The van der Waals surface area contributed by atoms with E-state index in [-0.39, 0.29) is 10.6 Å². The average molecular weight is 377 g/mol. The molecule has 0 aromatic heterocycles. The first-order valence-electron chi connectivity index (χ1n) is 8.58. The van der Waals surface area contributed by atoms with Gasteiger partial charge in [0.25, 0.3) is 0 Å². The standard InChI is InChI=1S/C18H23N3O4S/c22-21(23)17-7-3-8-18(13-17)26(24,25)19-10-4-11-20-12-9-15-5-1-2-6-16(15)14-20/h1-3,5-8,13,19,21-22H,4,9-12,14H2. The van der Waals surface area contributed by atoms with Crippen LogP contribution >= 0.6 is 0 Å². The first-order chi connectivity index (χ1) is 12.5. The van der Waals surface area contributed by atoms with Crippen molar-refractivity contribution in [2.45, 2.75) is 24.3 Å². The molecule has 1 unspecified atom stereocenters. The molecule has 3 rings (SSSR count). The number of benzene rings is 2. The van der Waals surface area contributed by atoms with Gasteiger partial charge in [0.1, 0.15) is 0 Å². The normalized spacial score (nSPS) is 16.2. The molecule has 0 saturated heterocycles. The SMILES string of the molecule is O=S(=O)(NCCCN1CCc2ccccc2C1)c1cccc([NH+]([O-])O)c1. The Labute approximate surface area is 153 Å². The number of nitrogens with zero attached hydrogens (tertiary/aromatic N) is 1. The molecule has 0 saturated carbocycles. The van der Waals surface area contributed by atoms with E-state index in [2.05, 4.69) is 27.8 Å². The topological polar surface area (TPSA) is 97.1 Å². The number of sulfonamides is 1. The maximum Gasteiger partial charge on any atom is 0.240 e. The number of rotatable bonds is 7. The smallest absolute Gasteiger partial charge is 0.240 e. The van der Waals surface area contributed by atoms with Crippen LogP contribution in [0.2, 0.25) is 0 Å². The van der Waals surface area contributed by atoms with Gasteiger partial charge in [-0.3, -0.25) is 4.90 Å². The molecule has 3 N–H and O–H groups in total. The quantitative estimate of drug-likeness (QED) is 0.490. The highest BCUT2D eigenvalue weighted by Crippen LogP contribution is 2.18. The average Bonchev–Trinajstić information content (AvgIpc) is 2.65. The molecule has 0 aliphatic carbocycles. The minimum absolute atomic E-state index is 0.0238. The highest BCUT2D eigenvalue weighted by Gasteiger charge is 2.17. The van der Waals surface area contributed by atoms with Crippen LogP contribution in [0.1, 0.15) is 17.5 Å². The molecule has 0 amide bonds. The van der Waals surface area contributed by atoms with Crippen molar-refractivity contribution in [2.75, 3.05) is 19.6 Å². The molecular formula is C18H23N3O4S. The largest absolute Gasteiger partial charge is 0.595 e. The van der Waals surface area contributed by atoms with E-state index in [0.717, 1.165) is 26.1 Å². The zero-order valence-electron chi connectivity index (χ0n) is 14.4. The summed E-state index contributed by atoms with van der Waals surface area (Å²) in [4.78, 5) is 2.30. The van der Waals surface area contributed by atoms with Crippen molar-refractivity contribution in [2.24, 2.45) is 0 Å². The van der Waals surface area contributed by atoms with Crippen molar-refractivity contribution < 1.29 is 18.9 Å². The van der Waals surface area contributed by atoms with E-state index in [4.69, 9.17) is 5.21 Å². The molecule has 0 bridgehead atoms. The summed E-state index contributed by atoms with van der Waals surface area (Å²) in [5.74, 6) is 0. The van der Waals surface area contributed by atoms with Crippen LogP contribution in [-0.4, -0.2) is 38.2 Å². The zero-order chi connectivity index (χ0) is 18.6. The van der Waals surface area contributed by atoms with E-state index in [9.17, 15) is 13.6 Å². The molecule has 0 spiro atoms. The lowest BCUT2D eigenvalue weighted by Gasteiger charge is -2.28. The molecule has 1 atom stereocenters. The van der Waals surface area contributed by atoms with Gasteiger partial charge >= 0.3 is 0 Å².